The number of carboxylic acid groups (broad SMARTS) is 1. The molecule has 0 aliphatic carbocycles. The fourth-order valence-corrected chi connectivity index (χ4v) is 8.83. The molecule has 5 aliphatic heterocycles. The van der Waals surface area contributed by atoms with Gasteiger partial charge in [0.1, 0.15) is 116 Å². The molecule has 410 valence electrons. The summed E-state index contributed by atoms with van der Waals surface area (Å²) >= 11 is 0. The van der Waals surface area contributed by atoms with E-state index in [-0.39, 0.29) is 0 Å². The summed E-state index contributed by atoms with van der Waals surface area (Å²) < 4.78 is 50.8. The van der Waals surface area contributed by atoms with E-state index in [4.69, 9.17) is 42.6 Å². The highest BCUT2D eigenvalue weighted by Crippen LogP contribution is 2.37. The monoisotopic (exact) mass is 1040 g/mol. The number of amides is 3. The maximum Gasteiger partial charge on any atom is 0.364 e. The zero-order valence-corrected chi connectivity index (χ0v) is 38.1. The fourth-order valence-electron chi connectivity index (χ4n) is 8.83. The molecule has 32 heteroatoms. The van der Waals surface area contributed by atoms with E-state index in [0.29, 0.717) is 0 Å². The van der Waals surface area contributed by atoms with Crippen LogP contribution in [0.2, 0.25) is 0 Å². The Bertz CT molecular complexity index is 1780. The summed E-state index contributed by atoms with van der Waals surface area (Å²) in [5.41, 5.74) is 0. The number of carboxylic acids is 1. The first-order valence-electron chi connectivity index (χ1n) is 22.2. The van der Waals surface area contributed by atoms with E-state index in [1.165, 1.54) is 0 Å². The van der Waals surface area contributed by atoms with Crippen LogP contribution in [0.3, 0.4) is 0 Å². The molecule has 0 unspecified atom stereocenters. The average molecular weight is 1040 g/mol. The predicted octanol–water partition coefficient (Wildman–Crippen LogP) is -12.3. The molecule has 3 amide bonds. The molecule has 0 aromatic heterocycles. The fraction of sp³-hybridized carbons (Fsp3) is 0.897. The number of carbonyl (C=O) groups is 4. The standard InChI is InChI=1S/C39H65N3O29/c1-10(47)40-19-13(50)4-39(38(61)62,71-32(19)22(52)14(51)5-43)63-9-18-23(53)27(57)28(58)36(67-18)68-30-17(8-46)66-35(20(26(30)56)41-11(2)48)70-33-25(55)16(7-45)65-37(29(33)59)69-31-21(42-12(3)49)34(60)64-15(6-44)24(31)54/h13-37,43-46,50-60H,4-9H2,1-3H3,(H,40,47)(H,41,48)(H,42,49)(H,61,62)/t13-,14+,15+,16+,17+,18+,19+,20+,21+,22+,23-,24+,25-,26+,27-,28+,29+,30+,31+,32+,33-,34+,35-,36-,37-,39+/m0/s1. The second-order valence-electron chi connectivity index (χ2n) is 17.6. The van der Waals surface area contributed by atoms with E-state index < -0.39 is 222 Å². The lowest BCUT2D eigenvalue weighted by atomic mass is 9.88. The van der Waals surface area contributed by atoms with Gasteiger partial charge in [-0.2, -0.15) is 0 Å². The lowest BCUT2D eigenvalue weighted by molar-refractivity contribution is -0.378. The Morgan fingerprint density at radius 1 is 0.563 bits per heavy atom. The number of carbonyl (C=O) groups excluding carboxylic acids is 3. The summed E-state index contributed by atoms with van der Waals surface area (Å²) in [7, 11) is 0. The first-order valence-corrected chi connectivity index (χ1v) is 22.2. The Kier molecular flexibility index (Phi) is 20.7. The number of aliphatic hydroxyl groups is 15. The molecular weight excluding hydrogens is 974 g/mol. The lowest BCUT2D eigenvalue weighted by Crippen LogP contribution is -2.70. The van der Waals surface area contributed by atoms with E-state index in [0.717, 1.165) is 20.8 Å². The van der Waals surface area contributed by atoms with Gasteiger partial charge >= 0.3 is 5.97 Å². The van der Waals surface area contributed by atoms with Gasteiger partial charge in [0.05, 0.1) is 45.2 Å². The van der Waals surface area contributed by atoms with Gasteiger partial charge in [-0.25, -0.2) is 4.79 Å². The van der Waals surface area contributed by atoms with Crippen LogP contribution in [0.15, 0.2) is 0 Å². The average Bonchev–Trinajstić information content (AvgIpc) is 3.31. The highest BCUT2D eigenvalue weighted by molar-refractivity contribution is 5.76. The quantitative estimate of drug-likeness (QED) is 0.0571. The summed E-state index contributed by atoms with van der Waals surface area (Å²) in [6.45, 7) is -2.07. The van der Waals surface area contributed by atoms with Gasteiger partial charge in [0.15, 0.2) is 25.2 Å². The van der Waals surface area contributed by atoms with Crippen LogP contribution in [-0.4, -0.2) is 297 Å². The van der Waals surface area contributed by atoms with Crippen molar-refractivity contribution in [3.8, 4) is 0 Å². The molecule has 5 saturated heterocycles. The molecule has 0 aromatic carbocycles. The molecular formula is C39H65N3O29. The van der Waals surface area contributed by atoms with E-state index in [1.807, 2.05) is 0 Å². The number of hydrogen-bond donors (Lipinski definition) is 19. The van der Waals surface area contributed by atoms with Gasteiger partial charge in [0.25, 0.3) is 5.79 Å². The minimum Gasteiger partial charge on any atom is -0.477 e. The first kappa shape index (κ1) is 58.8. The molecule has 5 aliphatic rings. The van der Waals surface area contributed by atoms with Gasteiger partial charge in [-0.1, -0.05) is 0 Å². The van der Waals surface area contributed by atoms with Gasteiger partial charge in [0, 0.05) is 27.2 Å². The maximum absolute atomic E-state index is 12.7. The Morgan fingerprint density at radius 3 is 1.62 bits per heavy atom. The number of aliphatic hydroxyl groups excluding tert-OH is 15. The van der Waals surface area contributed by atoms with Crippen molar-refractivity contribution < 1.29 is 144 Å². The van der Waals surface area contributed by atoms with Crippen molar-refractivity contribution in [3.05, 3.63) is 0 Å². The smallest absolute Gasteiger partial charge is 0.364 e. The summed E-state index contributed by atoms with van der Waals surface area (Å²) in [6.07, 6.45) is -44.1. The van der Waals surface area contributed by atoms with E-state index in [2.05, 4.69) is 16.0 Å². The molecule has 0 radical (unpaired) electrons. The van der Waals surface area contributed by atoms with Crippen molar-refractivity contribution in [2.24, 2.45) is 0 Å². The Labute approximate surface area is 402 Å². The Hall–Kier alpha value is -3.08. The van der Waals surface area contributed by atoms with Crippen molar-refractivity contribution in [3.63, 3.8) is 0 Å². The molecule has 26 atom stereocenters. The Morgan fingerprint density at radius 2 is 1.06 bits per heavy atom. The van der Waals surface area contributed by atoms with Crippen LogP contribution in [0.1, 0.15) is 27.2 Å². The molecule has 32 nitrogen and oxygen atoms in total. The third-order valence-electron chi connectivity index (χ3n) is 12.5. The number of rotatable bonds is 19. The largest absolute Gasteiger partial charge is 0.477 e. The van der Waals surface area contributed by atoms with Crippen molar-refractivity contribution in [2.75, 3.05) is 33.0 Å². The minimum absolute atomic E-state index is 0.741. The molecule has 0 aromatic rings. The molecule has 5 fully saturated rings. The lowest BCUT2D eigenvalue weighted by Gasteiger charge is -2.50. The predicted molar refractivity (Wildman–Crippen MR) is 219 cm³/mol. The summed E-state index contributed by atoms with van der Waals surface area (Å²) in [4.78, 5) is 49.2. The van der Waals surface area contributed by atoms with Gasteiger partial charge in [-0.15, -0.1) is 0 Å². The van der Waals surface area contributed by atoms with Crippen molar-refractivity contribution >= 4 is 23.7 Å². The minimum atomic E-state index is -2.97. The van der Waals surface area contributed by atoms with E-state index in [9.17, 15) is 101 Å². The molecule has 5 heterocycles. The van der Waals surface area contributed by atoms with E-state index >= 15 is 0 Å². The van der Waals surface area contributed by atoms with Crippen LogP contribution in [0.4, 0.5) is 0 Å². The molecule has 0 saturated carbocycles. The zero-order valence-electron chi connectivity index (χ0n) is 38.1. The number of ether oxygens (including phenoxy) is 9. The number of nitrogens with one attached hydrogen (secondary N) is 3. The molecule has 19 N–H and O–H groups in total. The van der Waals surface area contributed by atoms with Gasteiger partial charge < -0.3 is 140 Å². The second-order valence-corrected chi connectivity index (χ2v) is 17.6. The zero-order chi connectivity index (χ0) is 53.0. The van der Waals surface area contributed by atoms with Gasteiger partial charge in [0.2, 0.25) is 17.7 Å². The third kappa shape index (κ3) is 13.1. The van der Waals surface area contributed by atoms with E-state index in [1.54, 1.807) is 0 Å². The summed E-state index contributed by atoms with van der Waals surface area (Å²) in [5.74, 6) is -7.32. The van der Waals surface area contributed by atoms with Crippen molar-refractivity contribution in [2.45, 2.75) is 186 Å². The molecule has 71 heavy (non-hydrogen) atoms. The van der Waals surface area contributed by atoms with Crippen molar-refractivity contribution in [1.82, 2.24) is 16.0 Å². The van der Waals surface area contributed by atoms with Gasteiger partial charge in [-0.3, -0.25) is 14.4 Å². The van der Waals surface area contributed by atoms with Crippen LogP contribution in [0.5, 0.6) is 0 Å². The summed E-state index contributed by atoms with van der Waals surface area (Å²) in [6, 6.07) is -4.95. The maximum atomic E-state index is 12.7. The molecule has 0 bridgehead atoms. The normalized spacial score (nSPS) is 45.0. The summed E-state index contributed by atoms with van der Waals surface area (Å²) in [5, 5.41) is 178. The third-order valence-corrected chi connectivity index (χ3v) is 12.5. The van der Waals surface area contributed by atoms with Crippen LogP contribution in [0.25, 0.3) is 0 Å². The Balaban J connectivity index is 1.36. The first-order chi connectivity index (χ1) is 33.3. The van der Waals surface area contributed by atoms with Crippen LogP contribution in [0, 0.1) is 0 Å². The van der Waals surface area contributed by atoms with Crippen LogP contribution in [-0.2, 0) is 61.8 Å². The molecule has 0 spiro atoms. The molecule has 5 rings (SSSR count). The van der Waals surface area contributed by atoms with Gasteiger partial charge in [-0.05, 0) is 0 Å². The number of aliphatic carboxylic acids is 1. The van der Waals surface area contributed by atoms with Crippen molar-refractivity contribution in [1.29, 1.82) is 0 Å². The SMILES string of the molecule is CC(=O)N[C@@H]1[C@@H](O[C@@H]2O[C@H](CO)[C@H](O)[C@H](O[C@@H]3O[C@H](CO)[C@@H](O[C@@H]4O[C@H](CO[C@]5(C(=O)O)C[C@H](O)[C@@H](NC(C)=O)[C@H]([C@H](O)[C@H](O)CO)O5)[C@H](O)[C@H](O)[C@H]4O)[C@H](O)[C@H]3NC(C)=O)[C@H]2O)[C@H](O)[C@@H](CO)O[C@H]1O. The number of hydrogen-bond acceptors (Lipinski definition) is 28. The topological polar surface area (TPSA) is 511 Å². The second kappa shape index (κ2) is 25.0. The highest BCUT2D eigenvalue weighted by Gasteiger charge is 2.59. The van der Waals surface area contributed by atoms with Crippen LogP contribution >= 0.6 is 0 Å². The highest BCUT2D eigenvalue weighted by atomic mass is 16.8. The van der Waals surface area contributed by atoms with Crippen LogP contribution < -0.4 is 16.0 Å².